The fourth-order valence-electron chi connectivity index (χ4n) is 6.52. The average Bonchev–Trinajstić information content (AvgIpc) is 3.72. The number of allylic oxidation sites excluding steroid dienone is 2. The number of para-hydroxylation sites is 1. The molecule has 2 bridgehead atoms. The van der Waals surface area contributed by atoms with Gasteiger partial charge in [-0.3, -0.25) is 29.4 Å². The second kappa shape index (κ2) is 10.1. The van der Waals surface area contributed by atoms with Crippen LogP contribution >= 0.6 is 0 Å². The van der Waals surface area contributed by atoms with E-state index in [0.29, 0.717) is 27.8 Å². The lowest BCUT2D eigenvalue weighted by molar-refractivity contribution is -0.384. The summed E-state index contributed by atoms with van der Waals surface area (Å²) in [6, 6.07) is 20.7. The van der Waals surface area contributed by atoms with Gasteiger partial charge in [0.05, 0.1) is 39.2 Å². The van der Waals surface area contributed by atoms with Gasteiger partial charge in [-0.2, -0.15) is 0 Å². The third-order valence-electron chi connectivity index (χ3n) is 8.54. The SMILES string of the molecule is O=C(COC(=O)c1cc(-c2ccc(N3C(=O)C4C5C=CC(C5)C4C3=O)cc2)nc2ccccc12)c1cccc([N+](=O)[O-])c1. The lowest BCUT2D eigenvalue weighted by Crippen LogP contribution is -2.32. The van der Waals surface area contributed by atoms with Gasteiger partial charge < -0.3 is 4.74 Å². The van der Waals surface area contributed by atoms with Crippen LogP contribution < -0.4 is 4.90 Å². The van der Waals surface area contributed by atoms with Crippen LogP contribution in [-0.4, -0.2) is 40.1 Å². The molecule has 0 N–H and O–H groups in total. The third-order valence-corrected chi connectivity index (χ3v) is 8.54. The van der Waals surface area contributed by atoms with E-state index in [1.54, 1.807) is 54.6 Å². The Morgan fingerprint density at radius 1 is 0.907 bits per heavy atom. The summed E-state index contributed by atoms with van der Waals surface area (Å²) in [5.74, 6) is -1.98. The fourth-order valence-corrected chi connectivity index (χ4v) is 6.52. The number of fused-ring (bicyclic) bond motifs is 6. The minimum atomic E-state index is -0.752. The minimum Gasteiger partial charge on any atom is -0.454 e. The number of aromatic nitrogens is 1. The van der Waals surface area contributed by atoms with E-state index in [2.05, 4.69) is 12.2 Å². The molecule has 2 aliphatic carbocycles. The van der Waals surface area contributed by atoms with Crippen molar-refractivity contribution in [2.45, 2.75) is 6.42 Å². The summed E-state index contributed by atoms with van der Waals surface area (Å²) in [6.45, 7) is -0.599. The predicted molar refractivity (Wildman–Crippen MR) is 155 cm³/mol. The first-order valence-corrected chi connectivity index (χ1v) is 13.8. The Morgan fingerprint density at radius 3 is 2.30 bits per heavy atom. The van der Waals surface area contributed by atoms with Crippen molar-refractivity contribution in [2.75, 3.05) is 11.5 Å². The molecule has 1 saturated heterocycles. The first kappa shape index (κ1) is 26.4. The first-order chi connectivity index (χ1) is 20.8. The van der Waals surface area contributed by atoms with Crippen molar-refractivity contribution in [3.05, 3.63) is 112 Å². The molecule has 1 saturated carbocycles. The number of nitro groups is 1. The molecule has 3 aromatic carbocycles. The highest BCUT2D eigenvalue weighted by Gasteiger charge is 2.59. The highest BCUT2D eigenvalue weighted by Crippen LogP contribution is 2.53. The number of carbonyl (C=O) groups excluding carboxylic acids is 4. The zero-order valence-electron chi connectivity index (χ0n) is 22.6. The number of non-ortho nitro benzene ring substituents is 1. The summed E-state index contributed by atoms with van der Waals surface area (Å²) < 4.78 is 5.34. The molecule has 10 nitrogen and oxygen atoms in total. The van der Waals surface area contributed by atoms with Crippen molar-refractivity contribution < 1.29 is 28.8 Å². The van der Waals surface area contributed by atoms with Crippen molar-refractivity contribution in [1.29, 1.82) is 0 Å². The molecule has 4 unspecified atom stereocenters. The lowest BCUT2D eigenvalue weighted by atomic mass is 9.85. The Bertz CT molecular complexity index is 1870. The molecular weight excluding hydrogens is 550 g/mol. The Kier molecular flexibility index (Phi) is 6.19. The highest BCUT2D eigenvalue weighted by molar-refractivity contribution is 6.22. The fraction of sp³-hybridized carbons (Fsp3) is 0.182. The quantitative estimate of drug-likeness (QED) is 0.0738. The van der Waals surface area contributed by atoms with Gasteiger partial charge in [-0.15, -0.1) is 0 Å². The van der Waals surface area contributed by atoms with Crippen LogP contribution in [0.2, 0.25) is 0 Å². The Balaban J connectivity index is 1.13. The molecular formula is C33H23N3O7. The Labute approximate surface area is 244 Å². The zero-order valence-corrected chi connectivity index (χ0v) is 22.6. The summed E-state index contributed by atoms with van der Waals surface area (Å²) >= 11 is 0. The number of Topliss-reactive ketones (excluding diaryl/α,β-unsaturated/α-hetero) is 1. The van der Waals surface area contributed by atoms with E-state index in [1.807, 2.05) is 0 Å². The van der Waals surface area contributed by atoms with Crippen molar-refractivity contribution in [2.24, 2.45) is 23.7 Å². The smallest absolute Gasteiger partial charge is 0.339 e. The molecule has 2 fully saturated rings. The van der Waals surface area contributed by atoms with Crippen LogP contribution in [-0.2, 0) is 14.3 Å². The maximum absolute atomic E-state index is 13.2. The van der Waals surface area contributed by atoms with E-state index in [4.69, 9.17) is 9.72 Å². The van der Waals surface area contributed by atoms with E-state index in [-0.39, 0.29) is 52.3 Å². The first-order valence-electron chi connectivity index (χ1n) is 13.8. The van der Waals surface area contributed by atoms with Crippen LogP contribution in [0.15, 0.2) is 91.0 Å². The van der Waals surface area contributed by atoms with Crippen LogP contribution in [0.1, 0.15) is 27.1 Å². The number of hydrogen-bond acceptors (Lipinski definition) is 8. The second-order valence-electron chi connectivity index (χ2n) is 10.9. The number of hydrogen-bond donors (Lipinski definition) is 0. The number of rotatable bonds is 7. The number of nitrogens with zero attached hydrogens (tertiary/aromatic N) is 3. The second-order valence-corrected chi connectivity index (χ2v) is 10.9. The van der Waals surface area contributed by atoms with Crippen LogP contribution in [0.5, 0.6) is 0 Å². The summed E-state index contributed by atoms with van der Waals surface area (Å²) in [4.78, 5) is 68.7. The molecule has 4 aromatic rings. The van der Waals surface area contributed by atoms with Gasteiger partial charge in [0.15, 0.2) is 6.61 Å². The lowest BCUT2D eigenvalue weighted by Gasteiger charge is -2.17. The summed E-state index contributed by atoms with van der Waals surface area (Å²) in [5.41, 5.74) is 2.15. The van der Waals surface area contributed by atoms with Crippen molar-refractivity contribution in [1.82, 2.24) is 4.98 Å². The Morgan fingerprint density at radius 2 is 1.60 bits per heavy atom. The van der Waals surface area contributed by atoms with Gasteiger partial charge in [-0.1, -0.05) is 54.6 Å². The number of esters is 1. The molecule has 0 spiro atoms. The largest absolute Gasteiger partial charge is 0.454 e. The molecule has 10 heteroatoms. The minimum absolute atomic E-state index is 0.0601. The molecule has 1 aromatic heterocycles. The standard InChI is InChI=1S/C33H23N3O7/c37-28(19-4-3-5-23(15-19)36(41)42)17-43-33(40)25-16-27(34-26-7-2-1-6-24(25)26)18-10-12-22(13-11-18)35-31(38)29-20-8-9-21(14-20)30(29)32(35)39/h1-13,15-16,20-21,29-30H,14,17H2. The van der Waals surface area contributed by atoms with Crippen LogP contribution in [0.25, 0.3) is 22.2 Å². The molecule has 43 heavy (non-hydrogen) atoms. The number of pyridine rings is 1. The van der Waals surface area contributed by atoms with Gasteiger partial charge in [0, 0.05) is 28.6 Å². The maximum atomic E-state index is 13.2. The molecule has 4 atom stereocenters. The van der Waals surface area contributed by atoms with Crippen LogP contribution in [0.3, 0.4) is 0 Å². The zero-order chi connectivity index (χ0) is 29.8. The normalized spacial score (nSPS) is 21.8. The van der Waals surface area contributed by atoms with E-state index in [9.17, 15) is 29.3 Å². The van der Waals surface area contributed by atoms with Gasteiger partial charge in [0.2, 0.25) is 17.6 Å². The van der Waals surface area contributed by atoms with Crippen molar-refractivity contribution >= 4 is 45.8 Å². The molecule has 212 valence electrons. The maximum Gasteiger partial charge on any atom is 0.339 e. The number of ether oxygens (including phenoxy) is 1. The number of amides is 2. The monoisotopic (exact) mass is 573 g/mol. The number of carbonyl (C=O) groups is 4. The predicted octanol–water partition coefficient (Wildman–Crippen LogP) is 5.16. The number of nitro benzene ring substituents is 1. The molecule has 1 aliphatic heterocycles. The van der Waals surface area contributed by atoms with E-state index in [1.165, 1.54) is 23.1 Å². The van der Waals surface area contributed by atoms with Crippen LogP contribution in [0, 0.1) is 33.8 Å². The van der Waals surface area contributed by atoms with E-state index < -0.39 is 23.3 Å². The highest BCUT2D eigenvalue weighted by atomic mass is 16.6. The molecule has 3 aliphatic rings. The number of anilines is 1. The molecule has 7 rings (SSSR count). The number of imide groups is 1. The van der Waals surface area contributed by atoms with Crippen molar-refractivity contribution in [3.8, 4) is 11.3 Å². The topological polar surface area (TPSA) is 137 Å². The van der Waals surface area contributed by atoms with Crippen LogP contribution in [0.4, 0.5) is 11.4 Å². The summed E-state index contributed by atoms with van der Waals surface area (Å²) in [7, 11) is 0. The van der Waals surface area contributed by atoms with Gasteiger partial charge in [0.1, 0.15) is 0 Å². The summed E-state index contributed by atoms with van der Waals surface area (Å²) in [5, 5.41) is 11.6. The van der Waals surface area contributed by atoms with Gasteiger partial charge >= 0.3 is 5.97 Å². The average molecular weight is 574 g/mol. The Hall–Kier alpha value is -5.51. The van der Waals surface area contributed by atoms with Gasteiger partial charge in [-0.25, -0.2) is 9.78 Å². The summed E-state index contributed by atoms with van der Waals surface area (Å²) in [6.07, 6.45) is 4.98. The van der Waals surface area contributed by atoms with Crippen molar-refractivity contribution in [3.63, 3.8) is 0 Å². The van der Waals surface area contributed by atoms with E-state index >= 15 is 0 Å². The van der Waals surface area contributed by atoms with Gasteiger partial charge in [0.25, 0.3) is 5.69 Å². The van der Waals surface area contributed by atoms with E-state index in [0.717, 1.165) is 12.5 Å². The molecule has 2 heterocycles. The number of benzene rings is 3. The van der Waals surface area contributed by atoms with Gasteiger partial charge in [-0.05, 0) is 42.5 Å². The number of ketones is 1. The molecule has 0 radical (unpaired) electrons. The third kappa shape index (κ3) is 4.39. The molecule has 2 amide bonds.